The zero-order chi connectivity index (χ0) is 8.62. The van der Waals surface area contributed by atoms with Gasteiger partial charge in [-0.2, -0.15) is 0 Å². The molecule has 0 saturated heterocycles. The summed E-state index contributed by atoms with van der Waals surface area (Å²) < 4.78 is 5.40. The average Bonchev–Trinajstić information content (AvgIpc) is 1.87. The van der Waals surface area contributed by atoms with Crippen molar-refractivity contribution in [2.75, 3.05) is 6.23 Å². The molecule has 0 unspecified atom stereocenters. The molecule has 0 radical (unpaired) electrons. The van der Waals surface area contributed by atoms with Gasteiger partial charge in [-0.1, -0.05) is 40.0 Å². The SMILES string of the molecule is CC.C[SiH2]OC[Si](C)(C)C. The zero-order valence-corrected chi connectivity index (χ0v) is 10.7. The standard InChI is InChI=1S/C5H16OSi2.C2H6/c1-7-6-5-8(2,3)4;1-2/h5,7H2,1-4H3;1-2H3. The van der Waals surface area contributed by atoms with Crippen LogP contribution in [0.1, 0.15) is 13.8 Å². The van der Waals surface area contributed by atoms with Crippen LogP contribution in [0.3, 0.4) is 0 Å². The van der Waals surface area contributed by atoms with Gasteiger partial charge in [0.25, 0.3) is 0 Å². The molecule has 1 nitrogen and oxygen atoms in total. The van der Waals surface area contributed by atoms with E-state index in [-0.39, 0.29) is 9.76 Å². The maximum Gasteiger partial charge on any atom is 0.157 e. The second-order valence-electron chi connectivity index (χ2n) is 3.20. The summed E-state index contributed by atoms with van der Waals surface area (Å²) in [5, 5.41) is 0. The third kappa shape index (κ3) is 15.8. The molecule has 0 atom stereocenters. The Morgan fingerprint density at radius 2 is 1.60 bits per heavy atom. The van der Waals surface area contributed by atoms with Gasteiger partial charge in [0.05, 0.1) is 8.07 Å². The van der Waals surface area contributed by atoms with Crippen LogP contribution >= 0.6 is 0 Å². The first-order valence-electron chi connectivity index (χ1n) is 4.14. The average molecular weight is 178 g/mol. The molecule has 0 amide bonds. The summed E-state index contributed by atoms with van der Waals surface area (Å²) in [5.74, 6) is 0. The van der Waals surface area contributed by atoms with Crippen LogP contribution in [-0.4, -0.2) is 24.1 Å². The van der Waals surface area contributed by atoms with E-state index in [0.717, 1.165) is 6.23 Å². The lowest BCUT2D eigenvalue weighted by Gasteiger charge is -2.14. The van der Waals surface area contributed by atoms with Crippen LogP contribution in [0.15, 0.2) is 0 Å². The van der Waals surface area contributed by atoms with Crippen molar-refractivity contribution in [1.82, 2.24) is 0 Å². The first kappa shape index (κ1) is 13.0. The van der Waals surface area contributed by atoms with Gasteiger partial charge in [0.1, 0.15) is 0 Å². The predicted molar refractivity (Wildman–Crippen MR) is 55.1 cm³/mol. The Morgan fingerprint density at radius 1 is 1.20 bits per heavy atom. The Bertz CT molecular complexity index is 59.1. The molecule has 0 aromatic carbocycles. The minimum atomic E-state index is -0.866. The molecular formula is C7H22OSi2. The van der Waals surface area contributed by atoms with Crippen molar-refractivity contribution in [3.63, 3.8) is 0 Å². The summed E-state index contributed by atoms with van der Waals surface area (Å²) in [6.07, 6.45) is 1.07. The third-order valence-corrected chi connectivity index (χ3v) is 2.83. The molecular weight excluding hydrogens is 156 g/mol. The first-order valence-corrected chi connectivity index (χ1v) is 9.84. The summed E-state index contributed by atoms with van der Waals surface area (Å²) in [7, 11) is -0.997. The smallest absolute Gasteiger partial charge is 0.157 e. The van der Waals surface area contributed by atoms with Gasteiger partial charge in [-0.05, 0) is 0 Å². The maximum absolute atomic E-state index is 5.40. The van der Waals surface area contributed by atoms with Crippen molar-refractivity contribution in [3.8, 4) is 0 Å². The highest BCUT2D eigenvalue weighted by Crippen LogP contribution is 1.98. The lowest BCUT2D eigenvalue weighted by atomic mass is 11.0. The Balaban J connectivity index is 0. The van der Waals surface area contributed by atoms with Gasteiger partial charge in [-0.3, -0.25) is 0 Å². The van der Waals surface area contributed by atoms with E-state index >= 15 is 0 Å². The fourth-order valence-corrected chi connectivity index (χ4v) is 3.67. The van der Waals surface area contributed by atoms with Crippen LogP contribution in [0.5, 0.6) is 0 Å². The highest BCUT2D eigenvalue weighted by Gasteiger charge is 2.11. The van der Waals surface area contributed by atoms with E-state index in [4.69, 9.17) is 4.43 Å². The highest BCUT2D eigenvalue weighted by molar-refractivity contribution is 6.76. The van der Waals surface area contributed by atoms with E-state index in [1.54, 1.807) is 0 Å². The summed E-state index contributed by atoms with van der Waals surface area (Å²) >= 11 is 0. The molecule has 0 aliphatic rings. The van der Waals surface area contributed by atoms with E-state index in [0.29, 0.717) is 0 Å². The van der Waals surface area contributed by atoms with Crippen LogP contribution < -0.4 is 0 Å². The number of hydrogen-bond donors (Lipinski definition) is 0. The lowest BCUT2D eigenvalue weighted by molar-refractivity contribution is 0.406. The van der Waals surface area contributed by atoms with Gasteiger partial charge in [-0.25, -0.2) is 0 Å². The summed E-state index contributed by atoms with van der Waals surface area (Å²) in [4.78, 5) is 0. The zero-order valence-electron chi connectivity index (χ0n) is 8.32. The molecule has 0 N–H and O–H groups in total. The van der Waals surface area contributed by atoms with Gasteiger partial charge >= 0.3 is 0 Å². The van der Waals surface area contributed by atoms with Crippen molar-refractivity contribution >= 4 is 17.8 Å². The fourth-order valence-electron chi connectivity index (χ4n) is 0.408. The Morgan fingerprint density at radius 3 is 1.70 bits per heavy atom. The van der Waals surface area contributed by atoms with E-state index < -0.39 is 8.07 Å². The molecule has 3 heteroatoms. The van der Waals surface area contributed by atoms with Crippen LogP contribution in [0.2, 0.25) is 26.2 Å². The van der Waals surface area contributed by atoms with Gasteiger partial charge in [0.15, 0.2) is 9.76 Å². The molecule has 0 saturated carbocycles. The molecule has 0 fully saturated rings. The van der Waals surface area contributed by atoms with E-state index in [2.05, 4.69) is 26.2 Å². The van der Waals surface area contributed by atoms with Crippen molar-refractivity contribution in [1.29, 1.82) is 0 Å². The lowest BCUT2D eigenvalue weighted by Crippen LogP contribution is -2.28. The van der Waals surface area contributed by atoms with Gasteiger partial charge in [0, 0.05) is 6.23 Å². The molecule has 64 valence electrons. The molecule has 0 aliphatic carbocycles. The monoisotopic (exact) mass is 178 g/mol. The van der Waals surface area contributed by atoms with Gasteiger partial charge < -0.3 is 4.43 Å². The second-order valence-corrected chi connectivity index (χ2v) is 9.59. The molecule has 0 rings (SSSR count). The minimum absolute atomic E-state index is 0.131. The number of hydrogen-bond acceptors (Lipinski definition) is 1. The Kier molecular flexibility index (Phi) is 9.76. The molecule has 0 bridgehead atoms. The highest BCUT2D eigenvalue weighted by atomic mass is 28.3. The minimum Gasteiger partial charge on any atom is -0.427 e. The van der Waals surface area contributed by atoms with Crippen molar-refractivity contribution in [3.05, 3.63) is 0 Å². The van der Waals surface area contributed by atoms with Gasteiger partial charge in [0.2, 0.25) is 0 Å². The maximum atomic E-state index is 5.40. The Hall–Kier alpha value is 0.394. The van der Waals surface area contributed by atoms with E-state index in [1.807, 2.05) is 13.8 Å². The Labute approximate surface area is 69.1 Å². The largest absolute Gasteiger partial charge is 0.427 e. The van der Waals surface area contributed by atoms with Crippen LogP contribution in [0.4, 0.5) is 0 Å². The van der Waals surface area contributed by atoms with E-state index in [1.165, 1.54) is 0 Å². The van der Waals surface area contributed by atoms with Crippen LogP contribution in [0.25, 0.3) is 0 Å². The first-order chi connectivity index (χ1) is 4.56. The summed E-state index contributed by atoms with van der Waals surface area (Å²) in [6.45, 7) is 13.2. The summed E-state index contributed by atoms with van der Waals surface area (Å²) in [5.41, 5.74) is 0. The third-order valence-electron chi connectivity index (χ3n) is 0.739. The molecule has 0 aromatic heterocycles. The fraction of sp³-hybridized carbons (Fsp3) is 1.00. The molecule has 10 heavy (non-hydrogen) atoms. The van der Waals surface area contributed by atoms with Crippen LogP contribution in [0, 0.1) is 0 Å². The molecule has 0 aromatic rings. The van der Waals surface area contributed by atoms with Gasteiger partial charge in [-0.15, -0.1) is 0 Å². The van der Waals surface area contributed by atoms with Crippen molar-refractivity contribution in [2.24, 2.45) is 0 Å². The van der Waals surface area contributed by atoms with Crippen molar-refractivity contribution in [2.45, 2.75) is 40.0 Å². The quantitative estimate of drug-likeness (QED) is 0.601. The van der Waals surface area contributed by atoms with E-state index in [9.17, 15) is 0 Å². The summed E-state index contributed by atoms with van der Waals surface area (Å²) in [6, 6.07) is 0. The topological polar surface area (TPSA) is 9.23 Å². The van der Waals surface area contributed by atoms with Crippen molar-refractivity contribution < 1.29 is 4.43 Å². The second kappa shape index (κ2) is 7.50. The molecule has 0 heterocycles. The number of rotatable bonds is 3. The molecule has 0 aliphatic heterocycles. The molecule has 0 spiro atoms. The normalized spacial score (nSPS) is 11.4. The predicted octanol–water partition coefficient (Wildman–Crippen LogP) is 2.04. The van der Waals surface area contributed by atoms with Crippen LogP contribution in [-0.2, 0) is 4.43 Å².